The van der Waals surface area contributed by atoms with Gasteiger partial charge in [-0.25, -0.2) is 0 Å². The van der Waals surface area contributed by atoms with Gasteiger partial charge < -0.3 is 9.47 Å². The number of para-hydroxylation sites is 1. The Hall–Kier alpha value is -1.96. The number of rotatable bonds is 2. The molecule has 0 aliphatic rings. The van der Waals surface area contributed by atoms with Gasteiger partial charge in [-0.15, -0.1) is 0 Å². The maximum Gasteiger partial charge on any atom is 0.122 e. The fourth-order valence-electron chi connectivity index (χ4n) is 1.71. The van der Waals surface area contributed by atoms with Crippen LogP contribution in [0.1, 0.15) is 16.7 Å². The van der Waals surface area contributed by atoms with E-state index in [9.17, 15) is 0 Å². The fourth-order valence-corrected chi connectivity index (χ4v) is 1.71. The summed E-state index contributed by atoms with van der Waals surface area (Å²) in [4.78, 5) is 0. The van der Waals surface area contributed by atoms with E-state index < -0.39 is 0 Å². The molecular formula is C17H22O2. The number of benzene rings is 2. The van der Waals surface area contributed by atoms with Crippen LogP contribution < -0.4 is 9.47 Å². The number of hydrogen-bond donors (Lipinski definition) is 0. The van der Waals surface area contributed by atoms with Crippen molar-refractivity contribution in [1.82, 2.24) is 0 Å². The average molecular weight is 258 g/mol. The van der Waals surface area contributed by atoms with Gasteiger partial charge in [0, 0.05) is 0 Å². The fraction of sp³-hybridized carbons (Fsp3) is 0.294. The molecule has 0 saturated heterocycles. The van der Waals surface area contributed by atoms with E-state index in [4.69, 9.17) is 9.47 Å². The molecule has 0 bridgehead atoms. The molecule has 2 aromatic carbocycles. The summed E-state index contributed by atoms with van der Waals surface area (Å²) in [6.45, 7) is 6.12. The van der Waals surface area contributed by atoms with Crippen molar-refractivity contribution in [3.63, 3.8) is 0 Å². The Balaban J connectivity index is 0.000000191. The van der Waals surface area contributed by atoms with Crippen LogP contribution in [-0.4, -0.2) is 14.2 Å². The molecular weight excluding hydrogens is 236 g/mol. The van der Waals surface area contributed by atoms with Crippen molar-refractivity contribution in [1.29, 1.82) is 0 Å². The second-order valence-corrected chi connectivity index (χ2v) is 4.44. The highest BCUT2D eigenvalue weighted by atomic mass is 16.5. The Labute approximate surface area is 116 Å². The van der Waals surface area contributed by atoms with Crippen LogP contribution >= 0.6 is 0 Å². The SMILES string of the molecule is COc1cc(C)ccc1C.COc1ccccc1C. The zero-order valence-electron chi connectivity index (χ0n) is 12.4. The third kappa shape index (κ3) is 4.66. The molecule has 0 spiro atoms. The molecule has 0 heterocycles. The lowest BCUT2D eigenvalue weighted by atomic mass is 10.1. The Morgan fingerprint density at radius 3 is 1.74 bits per heavy atom. The molecule has 0 aromatic heterocycles. The topological polar surface area (TPSA) is 18.5 Å². The van der Waals surface area contributed by atoms with Crippen molar-refractivity contribution < 1.29 is 9.47 Å². The second-order valence-electron chi connectivity index (χ2n) is 4.44. The van der Waals surface area contributed by atoms with Crippen LogP contribution in [0.15, 0.2) is 42.5 Å². The summed E-state index contributed by atoms with van der Waals surface area (Å²) in [5.41, 5.74) is 3.61. The first-order valence-electron chi connectivity index (χ1n) is 6.29. The van der Waals surface area contributed by atoms with Crippen LogP contribution in [0, 0.1) is 20.8 Å². The van der Waals surface area contributed by atoms with Crippen LogP contribution in [0.2, 0.25) is 0 Å². The lowest BCUT2D eigenvalue weighted by Gasteiger charge is -2.03. The minimum atomic E-state index is 0.956. The summed E-state index contributed by atoms with van der Waals surface area (Å²) in [5, 5.41) is 0. The van der Waals surface area contributed by atoms with Gasteiger partial charge in [0.25, 0.3) is 0 Å². The zero-order chi connectivity index (χ0) is 14.3. The number of ether oxygens (including phenoxy) is 2. The van der Waals surface area contributed by atoms with Crippen LogP contribution in [0.3, 0.4) is 0 Å². The average Bonchev–Trinajstić information content (AvgIpc) is 2.43. The summed E-state index contributed by atoms with van der Waals surface area (Å²) < 4.78 is 10.2. The van der Waals surface area contributed by atoms with Gasteiger partial charge in [0.2, 0.25) is 0 Å². The van der Waals surface area contributed by atoms with Gasteiger partial charge in [-0.05, 0) is 49.6 Å². The molecule has 0 fully saturated rings. The Bertz CT molecular complexity index is 518. The van der Waals surface area contributed by atoms with E-state index in [1.165, 1.54) is 16.7 Å². The molecule has 0 saturated carbocycles. The zero-order valence-corrected chi connectivity index (χ0v) is 12.4. The monoisotopic (exact) mass is 258 g/mol. The smallest absolute Gasteiger partial charge is 0.122 e. The summed E-state index contributed by atoms with van der Waals surface area (Å²) >= 11 is 0. The van der Waals surface area contributed by atoms with Crippen LogP contribution in [0.25, 0.3) is 0 Å². The molecule has 2 heteroatoms. The summed E-state index contributed by atoms with van der Waals surface area (Å²) in [6.07, 6.45) is 0. The largest absolute Gasteiger partial charge is 0.496 e. The van der Waals surface area contributed by atoms with Crippen molar-refractivity contribution in [2.75, 3.05) is 14.2 Å². The molecule has 0 aliphatic heterocycles. The van der Waals surface area contributed by atoms with Crippen molar-refractivity contribution in [2.45, 2.75) is 20.8 Å². The van der Waals surface area contributed by atoms with Gasteiger partial charge in [0.05, 0.1) is 14.2 Å². The highest BCUT2D eigenvalue weighted by Gasteiger charge is 1.95. The van der Waals surface area contributed by atoms with E-state index in [-0.39, 0.29) is 0 Å². The van der Waals surface area contributed by atoms with Crippen molar-refractivity contribution in [3.05, 3.63) is 59.2 Å². The number of aryl methyl sites for hydroxylation is 3. The van der Waals surface area contributed by atoms with Crippen molar-refractivity contribution >= 4 is 0 Å². The number of methoxy groups -OCH3 is 2. The van der Waals surface area contributed by atoms with Crippen LogP contribution in [-0.2, 0) is 0 Å². The summed E-state index contributed by atoms with van der Waals surface area (Å²) in [7, 11) is 3.38. The van der Waals surface area contributed by atoms with Crippen LogP contribution in [0.4, 0.5) is 0 Å². The minimum Gasteiger partial charge on any atom is -0.496 e. The quantitative estimate of drug-likeness (QED) is 0.799. The lowest BCUT2D eigenvalue weighted by Crippen LogP contribution is -1.86. The van der Waals surface area contributed by atoms with E-state index in [0.29, 0.717) is 0 Å². The predicted molar refractivity (Wildman–Crippen MR) is 80.2 cm³/mol. The first-order chi connectivity index (χ1) is 9.08. The van der Waals surface area contributed by atoms with Gasteiger partial charge in [0.15, 0.2) is 0 Å². The maximum atomic E-state index is 5.13. The molecule has 0 aliphatic carbocycles. The highest BCUT2D eigenvalue weighted by Crippen LogP contribution is 2.17. The molecule has 102 valence electrons. The summed E-state index contributed by atoms with van der Waals surface area (Å²) in [6, 6.07) is 14.1. The van der Waals surface area contributed by atoms with E-state index in [0.717, 1.165) is 11.5 Å². The van der Waals surface area contributed by atoms with E-state index >= 15 is 0 Å². The first-order valence-corrected chi connectivity index (χ1v) is 6.29. The molecule has 0 radical (unpaired) electrons. The predicted octanol–water partition coefficient (Wildman–Crippen LogP) is 4.32. The lowest BCUT2D eigenvalue weighted by molar-refractivity contribution is 0.411. The number of hydrogen-bond acceptors (Lipinski definition) is 2. The third-order valence-electron chi connectivity index (χ3n) is 2.88. The van der Waals surface area contributed by atoms with Crippen LogP contribution in [0.5, 0.6) is 11.5 Å². The standard InChI is InChI=1S/C9H12O.C8H10O/c1-7-4-5-8(2)9(6-7)10-3;1-7-5-3-4-6-8(7)9-2/h4-6H,1-3H3;3-6H,1-2H3. The van der Waals surface area contributed by atoms with E-state index in [2.05, 4.69) is 19.1 Å². The van der Waals surface area contributed by atoms with Gasteiger partial charge >= 0.3 is 0 Å². The maximum absolute atomic E-state index is 5.13. The van der Waals surface area contributed by atoms with Gasteiger partial charge in [-0.1, -0.05) is 30.3 Å². The molecule has 0 unspecified atom stereocenters. The Kier molecular flexibility index (Phi) is 5.94. The van der Waals surface area contributed by atoms with Gasteiger partial charge in [0.1, 0.15) is 11.5 Å². The van der Waals surface area contributed by atoms with Crippen molar-refractivity contribution in [3.8, 4) is 11.5 Å². The molecule has 2 rings (SSSR count). The molecule has 0 atom stereocenters. The van der Waals surface area contributed by atoms with Gasteiger partial charge in [-0.2, -0.15) is 0 Å². The second kappa shape index (κ2) is 7.47. The molecule has 2 aromatic rings. The van der Waals surface area contributed by atoms with Gasteiger partial charge in [-0.3, -0.25) is 0 Å². The van der Waals surface area contributed by atoms with E-state index in [1.807, 2.05) is 44.2 Å². The normalized spacial score (nSPS) is 9.32. The minimum absolute atomic E-state index is 0.956. The summed E-state index contributed by atoms with van der Waals surface area (Å²) in [5.74, 6) is 1.93. The van der Waals surface area contributed by atoms with E-state index in [1.54, 1.807) is 14.2 Å². The molecule has 2 nitrogen and oxygen atoms in total. The first kappa shape index (κ1) is 15.1. The molecule has 0 N–H and O–H groups in total. The molecule has 0 amide bonds. The molecule has 19 heavy (non-hydrogen) atoms. The van der Waals surface area contributed by atoms with Crippen molar-refractivity contribution in [2.24, 2.45) is 0 Å². The Morgan fingerprint density at radius 2 is 1.26 bits per heavy atom. The third-order valence-corrected chi connectivity index (χ3v) is 2.88. The highest BCUT2D eigenvalue weighted by molar-refractivity contribution is 5.35. The Morgan fingerprint density at radius 1 is 0.684 bits per heavy atom.